The summed E-state index contributed by atoms with van der Waals surface area (Å²) in [7, 11) is 0. The van der Waals surface area contributed by atoms with E-state index in [-0.39, 0.29) is 11.7 Å². The van der Waals surface area contributed by atoms with Gasteiger partial charge in [0, 0.05) is 19.0 Å². The minimum absolute atomic E-state index is 0.142. The molecule has 0 spiro atoms. The van der Waals surface area contributed by atoms with Crippen LogP contribution >= 0.6 is 11.3 Å². The predicted molar refractivity (Wildman–Crippen MR) is 85.7 cm³/mol. The van der Waals surface area contributed by atoms with E-state index in [2.05, 4.69) is 17.9 Å². The van der Waals surface area contributed by atoms with E-state index in [1.807, 2.05) is 0 Å². The Bertz CT molecular complexity index is 597. The van der Waals surface area contributed by atoms with Crippen LogP contribution in [0.3, 0.4) is 0 Å². The maximum absolute atomic E-state index is 12.3. The van der Waals surface area contributed by atoms with Gasteiger partial charge in [-0.1, -0.05) is 6.92 Å². The van der Waals surface area contributed by atoms with Crippen molar-refractivity contribution in [3.8, 4) is 6.07 Å². The zero-order valence-electron chi connectivity index (χ0n) is 12.4. The van der Waals surface area contributed by atoms with Crippen molar-refractivity contribution in [2.75, 3.05) is 23.7 Å². The number of nitriles is 1. The number of carbonyl (C=O) groups is 1. The lowest BCUT2D eigenvalue weighted by molar-refractivity contribution is 0.0972. The molecule has 2 aliphatic rings. The summed E-state index contributed by atoms with van der Waals surface area (Å²) >= 11 is 1.43. The maximum atomic E-state index is 12.3. The van der Waals surface area contributed by atoms with Gasteiger partial charge < -0.3 is 10.6 Å². The molecule has 1 aromatic heterocycles. The molecular formula is C16H21N3OS. The number of hydrogen-bond acceptors (Lipinski definition) is 5. The highest BCUT2D eigenvalue weighted by Gasteiger charge is 2.35. The molecule has 1 aliphatic carbocycles. The van der Waals surface area contributed by atoms with Crippen molar-refractivity contribution >= 4 is 27.8 Å². The Labute approximate surface area is 129 Å². The summed E-state index contributed by atoms with van der Waals surface area (Å²) in [6, 6.07) is 2.22. The van der Waals surface area contributed by atoms with Gasteiger partial charge in [0.2, 0.25) is 0 Å². The van der Waals surface area contributed by atoms with Crippen molar-refractivity contribution in [3.63, 3.8) is 0 Å². The van der Waals surface area contributed by atoms with E-state index in [1.54, 1.807) is 0 Å². The Morgan fingerprint density at radius 2 is 2.10 bits per heavy atom. The highest BCUT2D eigenvalue weighted by molar-refractivity contribution is 7.19. The summed E-state index contributed by atoms with van der Waals surface area (Å²) in [4.78, 5) is 15.2. The summed E-state index contributed by atoms with van der Waals surface area (Å²) in [6.45, 7) is 4.18. The number of nitrogens with two attached hydrogens (primary N) is 1. The molecule has 1 aliphatic heterocycles. The molecule has 4 nitrogen and oxygen atoms in total. The standard InChI is InChI=1S/C16H21N3OS/c1-10-3-2-7-19(8-6-10)16-12(9-17)13(18)15(21-16)14(20)11-4-5-11/h10-11H,2-8,18H2,1H3. The summed E-state index contributed by atoms with van der Waals surface area (Å²) in [5.41, 5.74) is 7.02. The topological polar surface area (TPSA) is 70.1 Å². The lowest BCUT2D eigenvalue weighted by Gasteiger charge is -2.21. The van der Waals surface area contributed by atoms with Crippen LogP contribution in [0.25, 0.3) is 0 Å². The van der Waals surface area contributed by atoms with Crippen LogP contribution in [0.5, 0.6) is 0 Å². The first-order valence-electron chi connectivity index (χ1n) is 7.73. The zero-order chi connectivity index (χ0) is 15.0. The number of ketones is 1. The number of thiophene rings is 1. The normalized spacial score (nSPS) is 22.7. The molecule has 1 saturated heterocycles. The third-order valence-corrected chi connectivity index (χ3v) is 5.80. The second-order valence-electron chi connectivity index (χ2n) is 6.30. The van der Waals surface area contributed by atoms with Crippen LogP contribution in [0.4, 0.5) is 10.7 Å². The molecule has 1 aromatic rings. The molecule has 3 rings (SSSR count). The van der Waals surface area contributed by atoms with Gasteiger partial charge in [-0.3, -0.25) is 4.79 Å². The Morgan fingerprint density at radius 1 is 1.33 bits per heavy atom. The van der Waals surface area contributed by atoms with Gasteiger partial charge in [-0.25, -0.2) is 0 Å². The molecule has 1 saturated carbocycles. The van der Waals surface area contributed by atoms with E-state index in [9.17, 15) is 10.1 Å². The highest BCUT2D eigenvalue weighted by atomic mass is 32.1. The lowest BCUT2D eigenvalue weighted by Crippen LogP contribution is -2.23. The fraction of sp³-hybridized carbons (Fsp3) is 0.625. The van der Waals surface area contributed by atoms with E-state index in [4.69, 9.17) is 5.73 Å². The average molecular weight is 303 g/mol. The highest BCUT2D eigenvalue weighted by Crippen LogP contribution is 2.43. The van der Waals surface area contributed by atoms with Gasteiger partial charge >= 0.3 is 0 Å². The van der Waals surface area contributed by atoms with Crippen molar-refractivity contribution in [2.45, 2.75) is 39.0 Å². The van der Waals surface area contributed by atoms with E-state index < -0.39 is 0 Å². The summed E-state index contributed by atoms with van der Waals surface area (Å²) in [5.74, 6) is 1.02. The van der Waals surface area contributed by atoms with E-state index in [0.29, 0.717) is 16.1 Å². The molecule has 1 unspecified atom stereocenters. The van der Waals surface area contributed by atoms with Gasteiger partial charge in [-0.05, 0) is 38.0 Å². The van der Waals surface area contributed by atoms with Crippen molar-refractivity contribution < 1.29 is 4.79 Å². The van der Waals surface area contributed by atoms with Gasteiger partial charge in [0.15, 0.2) is 5.78 Å². The molecule has 0 radical (unpaired) electrons. The Morgan fingerprint density at radius 3 is 2.76 bits per heavy atom. The van der Waals surface area contributed by atoms with E-state index >= 15 is 0 Å². The Kier molecular flexibility index (Phi) is 3.90. The van der Waals surface area contributed by atoms with Crippen molar-refractivity contribution in [2.24, 2.45) is 11.8 Å². The summed E-state index contributed by atoms with van der Waals surface area (Å²) in [6.07, 6.45) is 5.43. The molecule has 2 N–H and O–H groups in total. The van der Waals surface area contributed by atoms with Gasteiger partial charge in [-0.2, -0.15) is 5.26 Å². The molecule has 0 aromatic carbocycles. The van der Waals surface area contributed by atoms with E-state index in [1.165, 1.54) is 17.8 Å². The largest absolute Gasteiger partial charge is 0.396 e. The number of hydrogen-bond donors (Lipinski definition) is 1. The number of nitrogen functional groups attached to an aromatic ring is 1. The SMILES string of the molecule is CC1CCCN(c2sc(C(=O)C3CC3)c(N)c2C#N)CC1. The van der Waals surface area contributed by atoms with Crippen LogP contribution in [0, 0.1) is 23.2 Å². The smallest absolute Gasteiger partial charge is 0.178 e. The summed E-state index contributed by atoms with van der Waals surface area (Å²) < 4.78 is 0. The van der Waals surface area contributed by atoms with Crippen LogP contribution in [-0.2, 0) is 0 Å². The number of rotatable bonds is 3. The average Bonchev–Trinajstić information content (AvgIpc) is 3.27. The number of Topliss-reactive ketones (excluding diaryl/α,β-unsaturated/α-hetero) is 1. The minimum Gasteiger partial charge on any atom is -0.396 e. The molecule has 5 heteroatoms. The predicted octanol–water partition coefficient (Wildman–Crippen LogP) is 3.42. The van der Waals surface area contributed by atoms with Crippen LogP contribution in [0.1, 0.15) is 54.3 Å². The molecule has 1 atom stereocenters. The molecule has 112 valence electrons. The third kappa shape index (κ3) is 2.77. The molecule has 21 heavy (non-hydrogen) atoms. The van der Waals surface area contributed by atoms with Gasteiger partial charge in [0.05, 0.1) is 10.6 Å². The molecule has 0 amide bonds. The number of nitrogens with zero attached hydrogens (tertiary/aromatic N) is 2. The lowest BCUT2D eigenvalue weighted by atomic mass is 10.0. The van der Waals surface area contributed by atoms with Gasteiger partial charge in [0.1, 0.15) is 16.6 Å². The fourth-order valence-electron chi connectivity index (χ4n) is 2.94. The first-order valence-corrected chi connectivity index (χ1v) is 8.55. The second-order valence-corrected chi connectivity index (χ2v) is 7.30. The monoisotopic (exact) mass is 303 g/mol. The molecular weight excluding hydrogens is 282 g/mol. The quantitative estimate of drug-likeness (QED) is 0.869. The maximum Gasteiger partial charge on any atom is 0.178 e. The van der Waals surface area contributed by atoms with Crippen molar-refractivity contribution in [3.05, 3.63) is 10.4 Å². The molecule has 0 bridgehead atoms. The van der Waals surface area contributed by atoms with Crippen LogP contribution in [0.15, 0.2) is 0 Å². The third-order valence-electron chi connectivity index (χ3n) is 4.51. The summed E-state index contributed by atoms with van der Waals surface area (Å²) in [5, 5.41) is 10.4. The Hall–Kier alpha value is -1.54. The first-order chi connectivity index (χ1) is 10.1. The van der Waals surface area contributed by atoms with Crippen LogP contribution in [-0.4, -0.2) is 18.9 Å². The van der Waals surface area contributed by atoms with Crippen molar-refractivity contribution in [1.29, 1.82) is 5.26 Å². The van der Waals surface area contributed by atoms with Crippen LogP contribution < -0.4 is 10.6 Å². The second kappa shape index (κ2) is 5.69. The number of carbonyl (C=O) groups excluding carboxylic acids is 1. The van der Waals surface area contributed by atoms with Crippen LogP contribution in [0.2, 0.25) is 0 Å². The van der Waals surface area contributed by atoms with Gasteiger partial charge in [-0.15, -0.1) is 11.3 Å². The Balaban J connectivity index is 1.92. The first kappa shape index (κ1) is 14.4. The number of anilines is 2. The van der Waals surface area contributed by atoms with Gasteiger partial charge in [0.25, 0.3) is 0 Å². The van der Waals surface area contributed by atoms with Crippen molar-refractivity contribution in [1.82, 2.24) is 0 Å². The molecule has 2 fully saturated rings. The fourth-order valence-corrected chi connectivity index (χ4v) is 4.18. The minimum atomic E-state index is 0.142. The molecule has 2 heterocycles. The van der Waals surface area contributed by atoms with E-state index in [0.717, 1.165) is 49.7 Å². The zero-order valence-corrected chi connectivity index (χ0v) is 13.2.